The van der Waals surface area contributed by atoms with Crippen molar-refractivity contribution in [3.8, 4) is 0 Å². The molecule has 0 atom stereocenters. The maximum absolute atomic E-state index is 9.18. The van der Waals surface area contributed by atoms with Gasteiger partial charge in [0.1, 0.15) is 5.82 Å². The fourth-order valence-electron chi connectivity index (χ4n) is 2.44. The van der Waals surface area contributed by atoms with Gasteiger partial charge in [-0.3, -0.25) is 0 Å². The van der Waals surface area contributed by atoms with Gasteiger partial charge in [-0.15, -0.1) is 0 Å². The first-order valence-electron chi connectivity index (χ1n) is 6.55. The van der Waals surface area contributed by atoms with Crippen molar-refractivity contribution in [3.05, 3.63) is 5.82 Å². The van der Waals surface area contributed by atoms with Crippen LogP contribution < -0.4 is 4.90 Å². The predicted octanol–water partition coefficient (Wildman–Crippen LogP) is 2.23. The van der Waals surface area contributed by atoms with Crippen LogP contribution in [0, 0.1) is 0 Å². The maximum Gasteiger partial charge on any atom is 0.205 e. The molecule has 1 fully saturated rings. The number of rotatable bonds is 6. The van der Waals surface area contributed by atoms with Gasteiger partial charge in [-0.05, 0) is 19.3 Å². The summed E-state index contributed by atoms with van der Waals surface area (Å²) in [6.07, 6.45) is 7.08. The minimum Gasteiger partial charge on any atom is -0.395 e. The van der Waals surface area contributed by atoms with Crippen molar-refractivity contribution in [1.29, 1.82) is 0 Å². The van der Waals surface area contributed by atoms with E-state index in [1.807, 2.05) is 0 Å². The second kappa shape index (κ2) is 6.31. The van der Waals surface area contributed by atoms with Gasteiger partial charge in [0.15, 0.2) is 0 Å². The van der Waals surface area contributed by atoms with E-state index in [0.29, 0.717) is 12.6 Å². The quantitative estimate of drug-likeness (QED) is 0.847. The van der Waals surface area contributed by atoms with Gasteiger partial charge in [-0.25, -0.2) is 4.98 Å². The van der Waals surface area contributed by atoms with Crippen LogP contribution >= 0.6 is 11.5 Å². The van der Waals surface area contributed by atoms with Gasteiger partial charge < -0.3 is 10.0 Å². The average Bonchev–Trinajstić information content (AvgIpc) is 2.97. The molecule has 0 spiro atoms. The highest BCUT2D eigenvalue weighted by Gasteiger charge is 2.24. The van der Waals surface area contributed by atoms with E-state index in [-0.39, 0.29) is 6.61 Å². The van der Waals surface area contributed by atoms with E-state index >= 15 is 0 Å². The Morgan fingerprint density at radius 1 is 1.41 bits per heavy atom. The fraction of sp³-hybridized carbons (Fsp3) is 0.833. The van der Waals surface area contributed by atoms with Gasteiger partial charge >= 0.3 is 0 Å². The monoisotopic (exact) mass is 255 g/mol. The van der Waals surface area contributed by atoms with Crippen LogP contribution in [0.5, 0.6) is 0 Å². The largest absolute Gasteiger partial charge is 0.395 e. The molecule has 4 nitrogen and oxygen atoms in total. The molecule has 17 heavy (non-hydrogen) atoms. The summed E-state index contributed by atoms with van der Waals surface area (Å²) < 4.78 is 4.39. The highest BCUT2D eigenvalue weighted by Crippen LogP contribution is 2.29. The first-order chi connectivity index (χ1) is 8.35. The fourth-order valence-corrected chi connectivity index (χ4v) is 3.26. The lowest BCUT2D eigenvalue weighted by Crippen LogP contribution is -2.35. The van der Waals surface area contributed by atoms with E-state index < -0.39 is 0 Å². The molecule has 96 valence electrons. The van der Waals surface area contributed by atoms with Gasteiger partial charge in [0.25, 0.3) is 0 Å². The molecule has 1 heterocycles. The number of hydrogen-bond donors (Lipinski definition) is 1. The Morgan fingerprint density at radius 3 is 2.82 bits per heavy atom. The zero-order valence-corrected chi connectivity index (χ0v) is 11.2. The van der Waals surface area contributed by atoms with E-state index in [1.165, 1.54) is 37.2 Å². The van der Waals surface area contributed by atoms with Crippen LogP contribution in [0.25, 0.3) is 0 Å². The molecule has 1 aromatic rings. The number of nitrogens with zero attached hydrogens (tertiary/aromatic N) is 3. The number of hydrogen-bond acceptors (Lipinski definition) is 5. The molecule has 0 unspecified atom stereocenters. The summed E-state index contributed by atoms with van der Waals surface area (Å²) in [5.74, 6) is 0.952. The third kappa shape index (κ3) is 3.16. The topological polar surface area (TPSA) is 49.2 Å². The Hall–Kier alpha value is -0.680. The third-order valence-electron chi connectivity index (χ3n) is 3.28. The van der Waals surface area contributed by atoms with Crippen molar-refractivity contribution in [3.63, 3.8) is 0 Å². The molecular formula is C12H21N3OS. The standard InChI is InChI=1S/C12H21N3OS/c1-2-5-11-13-12(17-14-11)15(8-9-16)10-6-3-4-7-10/h10,16H,2-9H2,1H3. The van der Waals surface area contributed by atoms with Crippen LogP contribution in [-0.2, 0) is 6.42 Å². The number of aryl methyl sites for hydroxylation is 1. The summed E-state index contributed by atoms with van der Waals surface area (Å²) in [5.41, 5.74) is 0. The number of anilines is 1. The summed E-state index contributed by atoms with van der Waals surface area (Å²) in [6, 6.07) is 0.560. The molecule has 1 aliphatic rings. The lowest BCUT2D eigenvalue weighted by atomic mass is 10.2. The van der Waals surface area contributed by atoms with Crippen LogP contribution in [0.4, 0.5) is 5.13 Å². The zero-order valence-electron chi connectivity index (χ0n) is 10.4. The van der Waals surface area contributed by atoms with Crippen LogP contribution in [0.1, 0.15) is 44.9 Å². The molecule has 0 radical (unpaired) electrons. The van der Waals surface area contributed by atoms with E-state index in [2.05, 4.69) is 21.2 Å². The van der Waals surface area contributed by atoms with Gasteiger partial charge in [0.05, 0.1) is 6.61 Å². The normalized spacial score (nSPS) is 16.6. The molecule has 1 aromatic heterocycles. The minimum atomic E-state index is 0.194. The van der Waals surface area contributed by atoms with Crippen LogP contribution in [-0.4, -0.2) is 33.7 Å². The van der Waals surface area contributed by atoms with Gasteiger partial charge in [-0.1, -0.05) is 19.8 Å². The number of aliphatic hydroxyl groups is 1. The first-order valence-corrected chi connectivity index (χ1v) is 7.32. The van der Waals surface area contributed by atoms with Crippen molar-refractivity contribution in [2.24, 2.45) is 0 Å². The molecule has 1 saturated carbocycles. The van der Waals surface area contributed by atoms with Gasteiger partial charge in [0.2, 0.25) is 5.13 Å². The molecule has 0 aromatic carbocycles. The molecule has 0 bridgehead atoms. The van der Waals surface area contributed by atoms with E-state index in [4.69, 9.17) is 0 Å². The molecule has 2 rings (SSSR count). The summed E-state index contributed by atoms with van der Waals surface area (Å²) in [4.78, 5) is 6.84. The van der Waals surface area contributed by atoms with Crippen LogP contribution in [0.2, 0.25) is 0 Å². The van der Waals surface area contributed by atoms with Crippen molar-refractivity contribution in [2.75, 3.05) is 18.1 Å². The first kappa shape index (κ1) is 12.8. The molecule has 1 aliphatic carbocycles. The molecule has 0 aliphatic heterocycles. The van der Waals surface area contributed by atoms with E-state index in [0.717, 1.165) is 23.8 Å². The summed E-state index contributed by atoms with van der Waals surface area (Å²) >= 11 is 1.48. The van der Waals surface area contributed by atoms with Crippen molar-refractivity contribution in [1.82, 2.24) is 9.36 Å². The Balaban J connectivity index is 2.07. The summed E-state index contributed by atoms with van der Waals surface area (Å²) in [6.45, 7) is 3.02. The lowest BCUT2D eigenvalue weighted by Gasteiger charge is -2.27. The predicted molar refractivity (Wildman–Crippen MR) is 70.6 cm³/mol. The third-order valence-corrected chi connectivity index (χ3v) is 4.07. The van der Waals surface area contributed by atoms with Gasteiger partial charge in [0, 0.05) is 30.5 Å². The average molecular weight is 255 g/mol. The van der Waals surface area contributed by atoms with Crippen molar-refractivity contribution in [2.45, 2.75) is 51.5 Å². The van der Waals surface area contributed by atoms with Crippen molar-refractivity contribution < 1.29 is 5.11 Å². The molecule has 0 amide bonds. The molecular weight excluding hydrogens is 234 g/mol. The second-order valence-corrected chi connectivity index (χ2v) is 5.33. The summed E-state index contributed by atoms with van der Waals surface area (Å²) in [7, 11) is 0. The Labute approximate surface area is 107 Å². The summed E-state index contributed by atoms with van der Waals surface area (Å²) in [5, 5.41) is 10.2. The highest BCUT2D eigenvalue weighted by molar-refractivity contribution is 7.09. The smallest absolute Gasteiger partial charge is 0.205 e. The molecule has 0 saturated heterocycles. The SMILES string of the molecule is CCCc1nsc(N(CCO)C2CCCC2)n1. The lowest BCUT2D eigenvalue weighted by molar-refractivity contribution is 0.297. The Morgan fingerprint density at radius 2 is 2.18 bits per heavy atom. The van der Waals surface area contributed by atoms with Crippen LogP contribution in [0.15, 0.2) is 0 Å². The van der Waals surface area contributed by atoms with Gasteiger partial charge in [-0.2, -0.15) is 4.37 Å². The van der Waals surface area contributed by atoms with Crippen molar-refractivity contribution >= 4 is 16.7 Å². The van der Waals surface area contributed by atoms with Crippen LogP contribution in [0.3, 0.4) is 0 Å². The number of aromatic nitrogens is 2. The minimum absolute atomic E-state index is 0.194. The second-order valence-electron chi connectivity index (χ2n) is 4.60. The Bertz CT molecular complexity index is 336. The maximum atomic E-state index is 9.18. The molecule has 1 N–H and O–H groups in total. The highest BCUT2D eigenvalue weighted by atomic mass is 32.1. The zero-order chi connectivity index (χ0) is 12.1. The Kier molecular flexibility index (Phi) is 4.74. The number of aliphatic hydroxyl groups excluding tert-OH is 1. The van der Waals surface area contributed by atoms with E-state index in [1.54, 1.807) is 0 Å². The molecule has 5 heteroatoms. The van der Waals surface area contributed by atoms with E-state index in [9.17, 15) is 5.11 Å².